The van der Waals surface area contributed by atoms with Crippen LogP contribution in [0.5, 0.6) is 0 Å². The molecule has 1 aliphatic rings. The molecule has 34 heavy (non-hydrogen) atoms. The first kappa shape index (κ1) is 24.4. The smallest absolute Gasteiger partial charge is 0.266 e. The highest BCUT2D eigenvalue weighted by Gasteiger charge is 2.38. The fourth-order valence-corrected chi connectivity index (χ4v) is 6.44. The molecule has 1 aromatic carbocycles. The molecule has 1 aliphatic heterocycles. The minimum absolute atomic E-state index is 0.0656. The Hall–Kier alpha value is -2.71. The van der Waals surface area contributed by atoms with E-state index in [2.05, 4.69) is 15.3 Å². The van der Waals surface area contributed by atoms with Crippen molar-refractivity contribution in [3.8, 4) is 0 Å². The van der Waals surface area contributed by atoms with Crippen LogP contribution in [-0.2, 0) is 17.2 Å². The van der Waals surface area contributed by atoms with Gasteiger partial charge in [0.15, 0.2) is 0 Å². The second-order valence-electron chi connectivity index (χ2n) is 9.20. The van der Waals surface area contributed by atoms with Crippen LogP contribution in [0.1, 0.15) is 48.9 Å². The van der Waals surface area contributed by atoms with Gasteiger partial charge in [-0.1, -0.05) is 18.2 Å². The van der Waals surface area contributed by atoms with Crippen molar-refractivity contribution in [2.75, 3.05) is 24.3 Å². The zero-order valence-corrected chi connectivity index (χ0v) is 20.1. The Bertz CT molecular complexity index is 1350. The highest BCUT2D eigenvalue weighted by molar-refractivity contribution is 7.63. The molecule has 0 bridgehead atoms. The van der Waals surface area contributed by atoms with Crippen LogP contribution >= 0.6 is 7.14 Å². The van der Waals surface area contributed by atoms with Crippen LogP contribution in [0.2, 0.25) is 0 Å². The van der Waals surface area contributed by atoms with Crippen molar-refractivity contribution in [2.24, 2.45) is 12.8 Å². The summed E-state index contributed by atoms with van der Waals surface area (Å²) in [6, 6.07) is 4.81. The van der Waals surface area contributed by atoms with Gasteiger partial charge < -0.3 is 15.6 Å². The topological polar surface area (TPSA) is 103 Å². The van der Waals surface area contributed by atoms with Crippen LogP contribution in [0.15, 0.2) is 35.4 Å². The number of nitrogens with two attached hydrogens (primary N) is 1. The average molecular weight is 493 g/mol. The maximum Gasteiger partial charge on any atom is 0.266 e. The van der Waals surface area contributed by atoms with Crippen LogP contribution in [0.4, 0.5) is 19.0 Å². The quantitative estimate of drug-likeness (QED) is 0.507. The predicted molar refractivity (Wildman–Crippen MR) is 127 cm³/mol. The summed E-state index contributed by atoms with van der Waals surface area (Å²) in [5.41, 5.74) is 5.54. The van der Waals surface area contributed by atoms with Crippen molar-refractivity contribution in [3.05, 3.63) is 63.5 Å². The molecule has 0 unspecified atom stereocenters. The summed E-state index contributed by atoms with van der Waals surface area (Å²) in [4.78, 5) is 21.7. The third-order valence-corrected chi connectivity index (χ3v) is 9.06. The number of nitrogens with zero attached hydrogens (tertiary/aromatic N) is 3. The van der Waals surface area contributed by atoms with Crippen molar-refractivity contribution in [2.45, 2.75) is 37.8 Å². The van der Waals surface area contributed by atoms with Crippen molar-refractivity contribution >= 4 is 24.0 Å². The second kappa shape index (κ2) is 8.82. The van der Waals surface area contributed by atoms with Crippen molar-refractivity contribution in [3.63, 3.8) is 0 Å². The van der Waals surface area contributed by atoms with Gasteiger partial charge >= 0.3 is 0 Å². The van der Waals surface area contributed by atoms with Gasteiger partial charge in [-0.05, 0) is 32.5 Å². The summed E-state index contributed by atoms with van der Waals surface area (Å²) in [6.45, 7) is 3.39. The minimum Gasteiger partial charge on any atom is -0.363 e. The molecule has 11 heteroatoms. The molecular formula is C23H27F3N5O2P. The molecular weight excluding hydrogens is 466 g/mol. The van der Waals surface area contributed by atoms with Crippen LogP contribution in [0.25, 0.3) is 11.0 Å². The molecule has 3 aromatic rings. The molecule has 0 amide bonds. The largest absolute Gasteiger partial charge is 0.363 e. The van der Waals surface area contributed by atoms with Crippen LogP contribution in [0, 0.1) is 5.82 Å². The lowest BCUT2D eigenvalue weighted by Crippen LogP contribution is -2.46. The highest BCUT2D eigenvalue weighted by atomic mass is 31.2. The number of alkyl halides is 2. The molecule has 182 valence electrons. The van der Waals surface area contributed by atoms with Crippen LogP contribution < -0.4 is 16.6 Å². The molecule has 0 saturated carbocycles. The van der Waals surface area contributed by atoms with Gasteiger partial charge in [0, 0.05) is 36.0 Å². The number of anilines is 1. The van der Waals surface area contributed by atoms with E-state index in [1.807, 2.05) is 0 Å². The number of nitrogens with one attached hydrogen (secondary N) is 1. The number of benzene rings is 1. The molecule has 3 heterocycles. The lowest BCUT2D eigenvalue weighted by Gasteiger charge is -2.36. The summed E-state index contributed by atoms with van der Waals surface area (Å²) in [7, 11) is -0.675. The van der Waals surface area contributed by atoms with Gasteiger partial charge in [0.05, 0.1) is 24.1 Å². The van der Waals surface area contributed by atoms with Gasteiger partial charge in [-0.15, -0.1) is 0 Å². The Balaban J connectivity index is 1.78. The molecule has 1 saturated heterocycles. The van der Waals surface area contributed by atoms with Gasteiger partial charge in [-0.2, -0.15) is 0 Å². The fourth-order valence-electron chi connectivity index (χ4n) is 4.47. The number of hydrogen-bond acceptors (Lipinski definition) is 6. The lowest BCUT2D eigenvalue weighted by molar-refractivity contribution is 0.146. The Labute approximate surface area is 195 Å². The number of pyridine rings is 1. The Morgan fingerprint density at radius 3 is 2.50 bits per heavy atom. The first-order chi connectivity index (χ1) is 15.9. The van der Waals surface area contributed by atoms with Crippen molar-refractivity contribution in [1.29, 1.82) is 0 Å². The maximum absolute atomic E-state index is 14.7. The number of aryl methyl sites for hydroxylation is 1. The molecule has 1 atom stereocenters. The molecule has 7 nitrogen and oxygen atoms in total. The fraction of sp³-hybridized carbons (Fsp3) is 0.435. The zero-order chi connectivity index (χ0) is 24.8. The monoisotopic (exact) mass is 493 g/mol. The predicted octanol–water partition coefficient (Wildman–Crippen LogP) is 4.52. The lowest BCUT2D eigenvalue weighted by atomic mass is 9.85. The van der Waals surface area contributed by atoms with E-state index in [0.717, 1.165) is 6.07 Å². The van der Waals surface area contributed by atoms with Gasteiger partial charge in [0.1, 0.15) is 23.6 Å². The average Bonchev–Trinajstić information content (AvgIpc) is 2.78. The van der Waals surface area contributed by atoms with E-state index < -0.39 is 36.5 Å². The zero-order valence-electron chi connectivity index (χ0n) is 19.2. The molecule has 2 aromatic heterocycles. The normalized spacial score (nSPS) is 23.9. The van der Waals surface area contributed by atoms with E-state index in [1.165, 1.54) is 23.0 Å². The molecule has 4 rings (SSSR count). The number of hydrogen-bond donors (Lipinski definition) is 2. The minimum atomic E-state index is -2.93. The summed E-state index contributed by atoms with van der Waals surface area (Å²) in [6.07, 6.45) is 0.0865. The molecule has 3 N–H and O–H groups in total. The molecule has 1 fully saturated rings. The summed E-state index contributed by atoms with van der Waals surface area (Å²) in [5, 5.41) is 3.57. The van der Waals surface area contributed by atoms with Gasteiger partial charge in [-0.25, -0.2) is 23.1 Å². The summed E-state index contributed by atoms with van der Waals surface area (Å²) in [5.74, 6) is -0.659. The summed E-state index contributed by atoms with van der Waals surface area (Å²) < 4.78 is 54.9. The Morgan fingerprint density at radius 2 is 1.85 bits per heavy atom. The second-order valence-corrected chi connectivity index (χ2v) is 12.7. The van der Waals surface area contributed by atoms with Crippen LogP contribution in [-0.4, -0.2) is 33.5 Å². The molecule has 0 spiro atoms. The van der Waals surface area contributed by atoms with Crippen molar-refractivity contribution in [1.82, 2.24) is 14.5 Å². The summed E-state index contributed by atoms with van der Waals surface area (Å²) >= 11 is 0. The number of halogens is 3. The number of aromatic nitrogens is 3. The van der Waals surface area contributed by atoms with Crippen molar-refractivity contribution < 1.29 is 17.7 Å². The van der Waals surface area contributed by atoms with E-state index >= 15 is 0 Å². The molecule has 0 radical (unpaired) electrons. The SMILES string of the molecule is C[C@@H](Nc1ncnc2c1cc(C1(N)CCP(C)(=O)CC1)c(=O)n2C)c1cccc(C(F)F)c1F. The first-order valence-corrected chi connectivity index (χ1v) is 13.5. The van der Waals surface area contributed by atoms with Crippen LogP contribution in [0.3, 0.4) is 0 Å². The van der Waals surface area contributed by atoms with Gasteiger partial charge in [0.2, 0.25) is 0 Å². The van der Waals surface area contributed by atoms with E-state index in [0.29, 0.717) is 47.6 Å². The highest BCUT2D eigenvalue weighted by Crippen LogP contribution is 2.50. The third-order valence-electron chi connectivity index (χ3n) is 6.72. The van der Waals surface area contributed by atoms with E-state index in [1.54, 1.807) is 26.7 Å². The van der Waals surface area contributed by atoms with Gasteiger partial charge in [-0.3, -0.25) is 9.36 Å². The third kappa shape index (κ3) is 4.36. The number of fused-ring (bicyclic) bond motifs is 1. The maximum atomic E-state index is 14.7. The molecule has 0 aliphatic carbocycles. The van der Waals surface area contributed by atoms with E-state index in [4.69, 9.17) is 5.73 Å². The Kier molecular flexibility index (Phi) is 6.33. The van der Waals surface area contributed by atoms with E-state index in [9.17, 15) is 22.5 Å². The first-order valence-electron chi connectivity index (χ1n) is 11.0. The Morgan fingerprint density at radius 1 is 1.21 bits per heavy atom. The van der Waals surface area contributed by atoms with E-state index in [-0.39, 0.29) is 11.1 Å². The number of rotatable bonds is 5. The standard InChI is InChI=1S/C23H27F3N5O2P/c1-13(14-5-4-6-15(18(14)24)19(25)26)30-20-16-11-17(22(32)31(2)21(16)29-12-28-20)23(27)7-9-34(3,33)10-8-23/h4-6,11-13,19H,7-10,27H2,1-3H3,(H,28,29,30)/t13-,23?,34?/m1/s1. The van der Waals surface area contributed by atoms with Gasteiger partial charge in [0.25, 0.3) is 12.0 Å².